The van der Waals surface area contributed by atoms with Crippen molar-refractivity contribution >= 4 is 17.8 Å². The molecule has 0 saturated carbocycles. The molecule has 18 heavy (non-hydrogen) atoms. The van der Waals surface area contributed by atoms with E-state index in [2.05, 4.69) is 17.6 Å². The van der Waals surface area contributed by atoms with Crippen molar-refractivity contribution < 1.29 is 19.5 Å². The van der Waals surface area contributed by atoms with Crippen molar-refractivity contribution in [3.63, 3.8) is 0 Å². The van der Waals surface area contributed by atoms with Gasteiger partial charge in [-0.2, -0.15) is 0 Å². The number of carboxylic acids is 1. The number of carboxylic acid groups (broad SMARTS) is 1. The minimum absolute atomic E-state index is 0.350. The molecule has 0 aromatic heterocycles. The standard InChI is InChI=1S/C12H20N2O4/c1-2-3-4-5-8-13-10(15)6-7-11(16)14-9-12(17)18/h6-7H,2-5,8-9H2,1H3,(H,13,15)(H,14,16)(H,17,18)/b7-6+. The summed E-state index contributed by atoms with van der Waals surface area (Å²) in [5, 5.41) is 13.1. The second kappa shape index (κ2) is 10.3. The topological polar surface area (TPSA) is 95.5 Å². The van der Waals surface area contributed by atoms with Gasteiger partial charge in [-0.25, -0.2) is 0 Å². The largest absolute Gasteiger partial charge is 0.480 e. The maximum Gasteiger partial charge on any atom is 0.322 e. The number of unbranched alkanes of at least 4 members (excludes halogenated alkanes) is 3. The molecule has 6 heteroatoms. The molecule has 0 aliphatic rings. The Morgan fingerprint density at radius 1 is 1.00 bits per heavy atom. The van der Waals surface area contributed by atoms with Crippen LogP contribution in [0.4, 0.5) is 0 Å². The number of carbonyl (C=O) groups excluding carboxylic acids is 2. The van der Waals surface area contributed by atoms with Gasteiger partial charge in [-0.05, 0) is 6.42 Å². The summed E-state index contributed by atoms with van der Waals surface area (Å²) in [5.41, 5.74) is 0. The van der Waals surface area contributed by atoms with Crippen molar-refractivity contribution in [1.29, 1.82) is 0 Å². The fourth-order valence-electron chi connectivity index (χ4n) is 1.20. The average molecular weight is 256 g/mol. The first kappa shape index (κ1) is 16.1. The van der Waals surface area contributed by atoms with Gasteiger partial charge >= 0.3 is 5.97 Å². The SMILES string of the molecule is CCCCCCNC(=O)/C=C/C(=O)NCC(=O)O. The first-order valence-electron chi connectivity index (χ1n) is 6.01. The monoisotopic (exact) mass is 256 g/mol. The van der Waals surface area contributed by atoms with Gasteiger partial charge < -0.3 is 15.7 Å². The van der Waals surface area contributed by atoms with Gasteiger partial charge in [-0.1, -0.05) is 26.2 Å². The summed E-state index contributed by atoms with van der Waals surface area (Å²) in [4.78, 5) is 32.4. The Morgan fingerprint density at radius 3 is 2.17 bits per heavy atom. The van der Waals surface area contributed by atoms with Gasteiger partial charge in [0.15, 0.2) is 0 Å². The van der Waals surface area contributed by atoms with Crippen LogP contribution in [-0.4, -0.2) is 36.0 Å². The molecule has 0 aliphatic heterocycles. The number of amides is 2. The van der Waals surface area contributed by atoms with Crippen LogP contribution in [0, 0.1) is 0 Å². The predicted molar refractivity (Wildman–Crippen MR) is 66.9 cm³/mol. The Bertz CT molecular complexity index is 313. The van der Waals surface area contributed by atoms with Gasteiger partial charge in [-0.3, -0.25) is 14.4 Å². The van der Waals surface area contributed by atoms with E-state index in [0.717, 1.165) is 37.8 Å². The normalized spacial score (nSPS) is 10.3. The van der Waals surface area contributed by atoms with Crippen LogP contribution in [0.3, 0.4) is 0 Å². The lowest BCUT2D eigenvalue weighted by Crippen LogP contribution is -2.28. The molecular formula is C12H20N2O4. The fourth-order valence-corrected chi connectivity index (χ4v) is 1.20. The number of aliphatic carboxylic acids is 1. The van der Waals surface area contributed by atoms with Gasteiger partial charge in [0.05, 0.1) is 0 Å². The van der Waals surface area contributed by atoms with Crippen LogP contribution in [0.25, 0.3) is 0 Å². The van der Waals surface area contributed by atoms with Gasteiger partial charge in [0.25, 0.3) is 0 Å². The summed E-state index contributed by atoms with van der Waals surface area (Å²) in [6.45, 7) is 2.23. The zero-order chi connectivity index (χ0) is 13.8. The van der Waals surface area contributed by atoms with Gasteiger partial charge in [0.1, 0.15) is 6.54 Å². The van der Waals surface area contributed by atoms with Crippen molar-refractivity contribution in [3.05, 3.63) is 12.2 Å². The van der Waals surface area contributed by atoms with Crippen molar-refractivity contribution in [2.75, 3.05) is 13.1 Å². The van der Waals surface area contributed by atoms with E-state index in [-0.39, 0.29) is 5.91 Å². The molecular weight excluding hydrogens is 236 g/mol. The Kier molecular flexibility index (Phi) is 9.25. The lowest BCUT2D eigenvalue weighted by Gasteiger charge is -2.01. The molecule has 0 aromatic rings. The van der Waals surface area contributed by atoms with Gasteiger partial charge in [0, 0.05) is 18.7 Å². The summed E-state index contributed by atoms with van der Waals surface area (Å²) >= 11 is 0. The van der Waals surface area contributed by atoms with Crippen LogP contribution in [0.15, 0.2) is 12.2 Å². The molecule has 0 spiro atoms. The second-order valence-electron chi connectivity index (χ2n) is 3.80. The highest BCUT2D eigenvalue weighted by Gasteiger charge is 2.00. The molecule has 0 saturated heterocycles. The summed E-state index contributed by atoms with van der Waals surface area (Å²) in [6.07, 6.45) is 6.38. The Balaban J connectivity index is 3.66. The van der Waals surface area contributed by atoms with E-state index in [0.29, 0.717) is 6.54 Å². The minimum Gasteiger partial charge on any atom is -0.480 e. The van der Waals surface area contributed by atoms with E-state index in [1.165, 1.54) is 0 Å². The highest BCUT2D eigenvalue weighted by molar-refractivity contribution is 5.97. The average Bonchev–Trinajstić information content (AvgIpc) is 2.33. The van der Waals surface area contributed by atoms with Crippen molar-refractivity contribution in [1.82, 2.24) is 10.6 Å². The van der Waals surface area contributed by atoms with Crippen molar-refractivity contribution in [2.45, 2.75) is 32.6 Å². The first-order valence-corrected chi connectivity index (χ1v) is 6.01. The zero-order valence-electron chi connectivity index (χ0n) is 10.6. The third kappa shape index (κ3) is 10.7. The second-order valence-corrected chi connectivity index (χ2v) is 3.80. The van der Waals surface area contributed by atoms with E-state index >= 15 is 0 Å². The molecule has 0 unspecified atom stereocenters. The van der Waals surface area contributed by atoms with Crippen LogP contribution in [0.1, 0.15) is 32.6 Å². The number of nitrogens with one attached hydrogen (secondary N) is 2. The summed E-state index contributed by atoms with van der Waals surface area (Å²) in [7, 11) is 0. The molecule has 6 nitrogen and oxygen atoms in total. The maximum atomic E-state index is 11.2. The van der Waals surface area contributed by atoms with Gasteiger partial charge in [0.2, 0.25) is 11.8 Å². The Labute approximate surface area is 106 Å². The number of rotatable bonds is 9. The highest BCUT2D eigenvalue weighted by Crippen LogP contribution is 1.96. The van der Waals surface area contributed by atoms with E-state index in [4.69, 9.17) is 5.11 Å². The maximum absolute atomic E-state index is 11.2. The van der Waals surface area contributed by atoms with E-state index in [1.807, 2.05) is 0 Å². The van der Waals surface area contributed by atoms with E-state index in [1.54, 1.807) is 0 Å². The lowest BCUT2D eigenvalue weighted by molar-refractivity contribution is -0.137. The third-order valence-electron chi connectivity index (χ3n) is 2.13. The summed E-state index contributed by atoms with van der Waals surface area (Å²) in [6, 6.07) is 0. The molecule has 3 N–H and O–H groups in total. The van der Waals surface area contributed by atoms with Crippen LogP contribution >= 0.6 is 0 Å². The molecule has 0 atom stereocenters. The Morgan fingerprint density at radius 2 is 1.61 bits per heavy atom. The molecule has 102 valence electrons. The Hall–Kier alpha value is -1.85. The molecule has 0 heterocycles. The molecule has 0 aliphatic carbocycles. The van der Waals surface area contributed by atoms with E-state index in [9.17, 15) is 14.4 Å². The van der Waals surface area contributed by atoms with Crippen LogP contribution in [-0.2, 0) is 14.4 Å². The fraction of sp³-hybridized carbons (Fsp3) is 0.583. The van der Waals surface area contributed by atoms with Crippen molar-refractivity contribution in [2.24, 2.45) is 0 Å². The zero-order valence-corrected chi connectivity index (χ0v) is 10.6. The number of hydrogen-bond acceptors (Lipinski definition) is 3. The molecule has 0 rings (SSSR count). The molecule has 0 aromatic carbocycles. The third-order valence-corrected chi connectivity index (χ3v) is 2.13. The first-order chi connectivity index (χ1) is 8.56. The number of hydrogen-bond donors (Lipinski definition) is 3. The summed E-state index contributed by atoms with van der Waals surface area (Å²) < 4.78 is 0. The van der Waals surface area contributed by atoms with Crippen molar-refractivity contribution in [3.8, 4) is 0 Å². The van der Waals surface area contributed by atoms with Gasteiger partial charge in [-0.15, -0.1) is 0 Å². The number of carbonyl (C=O) groups is 3. The molecule has 0 radical (unpaired) electrons. The quantitative estimate of drug-likeness (QED) is 0.412. The van der Waals surface area contributed by atoms with Crippen LogP contribution in [0.2, 0.25) is 0 Å². The predicted octanol–water partition coefficient (Wildman–Crippen LogP) is 0.440. The van der Waals surface area contributed by atoms with Crippen LogP contribution in [0.5, 0.6) is 0 Å². The highest BCUT2D eigenvalue weighted by atomic mass is 16.4. The molecule has 2 amide bonds. The molecule has 0 bridgehead atoms. The summed E-state index contributed by atoms with van der Waals surface area (Å²) in [5.74, 6) is -2.08. The smallest absolute Gasteiger partial charge is 0.322 e. The van der Waals surface area contributed by atoms with Crippen LogP contribution < -0.4 is 10.6 Å². The lowest BCUT2D eigenvalue weighted by atomic mass is 10.2. The van der Waals surface area contributed by atoms with E-state index < -0.39 is 18.4 Å². The minimum atomic E-state index is -1.13. The molecule has 0 fully saturated rings.